The SMILES string of the molecule is CC/C=C\C/C=C\C/C=C\C/C=C\CCCCCCCCCCCCCCCCC(=O)NC(CO)C(O)CCCCCCCCCCCCCCCCC. The summed E-state index contributed by atoms with van der Waals surface area (Å²) in [6.45, 7) is 4.25. The summed E-state index contributed by atoms with van der Waals surface area (Å²) >= 11 is 0. The van der Waals surface area contributed by atoms with E-state index in [1.165, 1.54) is 167 Å². The highest BCUT2D eigenvalue weighted by atomic mass is 16.3. The molecule has 0 aromatic heterocycles. The summed E-state index contributed by atoms with van der Waals surface area (Å²) in [7, 11) is 0. The van der Waals surface area contributed by atoms with Gasteiger partial charge in [0.25, 0.3) is 0 Å². The van der Waals surface area contributed by atoms with E-state index in [-0.39, 0.29) is 12.5 Å². The number of hydrogen-bond acceptors (Lipinski definition) is 3. The lowest BCUT2D eigenvalue weighted by molar-refractivity contribution is -0.123. The number of carbonyl (C=O) groups is 1. The number of carbonyl (C=O) groups excluding carboxylic acids is 1. The molecule has 2 unspecified atom stereocenters. The number of hydrogen-bond donors (Lipinski definition) is 3. The second-order valence-electron chi connectivity index (χ2n) is 16.2. The van der Waals surface area contributed by atoms with Crippen LogP contribution in [0.5, 0.6) is 0 Å². The first-order valence-electron chi connectivity index (χ1n) is 23.8. The van der Waals surface area contributed by atoms with Crippen LogP contribution in [0.15, 0.2) is 48.6 Å². The maximum atomic E-state index is 12.4. The maximum absolute atomic E-state index is 12.4. The molecular weight excluding hydrogens is 663 g/mol. The fourth-order valence-electron chi connectivity index (χ4n) is 7.24. The number of allylic oxidation sites excluding steroid dienone is 8. The van der Waals surface area contributed by atoms with Crippen LogP contribution >= 0.6 is 0 Å². The normalized spacial score (nSPS) is 13.3. The van der Waals surface area contributed by atoms with Crippen LogP contribution in [0.3, 0.4) is 0 Å². The lowest BCUT2D eigenvalue weighted by Gasteiger charge is -2.22. The lowest BCUT2D eigenvalue weighted by atomic mass is 10.0. The molecule has 0 saturated heterocycles. The van der Waals surface area contributed by atoms with Crippen LogP contribution in [0, 0.1) is 0 Å². The van der Waals surface area contributed by atoms with Gasteiger partial charge in [0.15, 0.2) is 0 Å². The van der Waals surface area contributed by atoms with Crippen molar-refractivity contribution in [2.24, 2.45) is 0 Å². The topological polar surface area (TPSA) is 69.6 Å². The Morgan fingerprint density at radius 2 is 0.815 bits per heavy atom. The summed E-state index contributed by atoms with van der Waals surface area (Å²) in [5.41, 5.74) is 0. The Morgan fingerprint density at radius 1 is 0.463 bits per heavy atom. The molecule has 2 atom stereocenters. The van der Waals surface area contributed by atoms with E-state index in [1.54, 1.807) is 0 Å². The minimum atomic E-state index is -0.659. The third-order valence-corrected chi connectivity index (χ3v) is 10.9. The molecule has 0 saturated carbocycles. The molecule has 4 heteroatoms. The van der Waals surface area contributed by atoms with Crippen LogP contribution in [0.2, 0.25) is 0 Å². The molecule has 0 spiro atoms. The van der Waals surface area contributed by atoms with Crippen LogP contribution in [0.25, 0.3) is 0 Å². The zero-order chi connectivity index (χ0) is 39.3. The van der Waals surface area contributed by atoms with Gasteiger partial charge in [0, 0.05) is 6.42 Å². The predicted octanol–water partition coefficient (Wildman–Crippen LogP) is 15.1. The molecule has 0 aromatic carbocycles. The van der Waals surface area contributed by atoms with Crippen LogP contribution in [0.4, 0.5) is 0 Å². The van der Waals surface area contributed by atoms with Gasteiger partial charge in [0.2, 0.25) is 5.91 Å². The van der Waals surface area contributed by atoms with Crippen molar-refractivity contribution in [1.29, 1.82) is 0 Å². The van der Waals surface area contributed by atoms with Crippen LogP contribution < -0.4 is 5.32 Å². The molecule has 0 aromatic rings. The second-order valence-corrected chi connectivity index (χ2v) is 16.2. The van der Waals surface area contributed by atoms with Crippen LogP contribution in [-0.4, -0.2) is 34.9 Å². The van der Waals surface area contributed by atoms with Gasteiger partial charge < -0.3 is 15.5 Å². The summed E-state index contributed by atoms with van der Waals surface area (Å²) in [6.07, 6.45) is 62.0. The number of amides is 1. The van der Waals surface area contributed by atoms with Crippen LogP contribution in [-0.2, 0) is 4.79 Å². The van der Waals surface area contributed by atoms with Crippen LogP contribution in [0.1, 0.15) is 245 Å². The van der Waals surface area contributed by atoms with Crippen molar-refractivity contribution in [3.8, 4) is 0 Å². The van der Waals surface area contributed by atoms with Crippen molar-refractivity contribution < 1.29 is 15.0 Å². The largest absolute Gasteiger partial charge is 0.394 e. The molecule has 0 aliphatic rings. The van der Waals surface area contributed by atoms with Crippen molar-refractivity contribution >= 4 is 5.91 Å². The van der Waals surface area contributed by atoms with Gasteiger partial charge in [0.1, 0.15) is 0 Å². The molecule has 0 aliphatic heterocycles. The summed E-state index contributed by atoms with van der Waals surface area (Å²) < 4.78 is 0. The third-order valence-electron chi connectivity index (χ3n) is 10.9. The van der Waals surface area contributed by atoms with Gasteiger partial charge in [-0.15, -0.1) is 0 Å². The van der Waals surface area contributed by atoms with Crippen molar-refractivity contribution in [3.63, 3.8) is 0 Å². The molecule has 0 fully saturated rings. The fraction of sp³-hybridized carbons (Fsp3) is 0.820. The van der Waals surface area contributed by atoms with Gasteiger partial charge in [-0.25, -0.2) is 0 Å². The maximum Gasteiger partial charge on any atom is 0.220 e. The fourth-order valence-corrected chi connectivity index (χ4v) is 7.24. The van der Waals surface area contributed by atoms with Gasteiger partial charge >= 0.3 is 0 Å². The molecule has 0 heterocycles. The molecule has 1 amide bonds. The van der Waals surface area contributed by atoms with Crippen molar-refractivity contribution in [2.45, 2.75) is 257 Å². The number of unbranched alkanes of at least 4 members (excludes halogenated alkanes) is 28. The van der Waals surface area contributed by atoms with E-state index >= 15 is 0 Å². The Hall–Kier alpha value is -1.65. The quantitative estimate of drug-likeness (QED) is 0.0429. The van der Waals surface area contributed by atoms with Gasteiger partial charge in [-0.2, -0.15) is 0 Å². The molecule has 316 valence electrons. The molecular formula is C50H93NO3. The predicted molar refractivity (Wildman–Crippen MR) is 239 cm³/mol. The highest BCUT2D eigenvalue weighted by Gasteiger charge is 2.20. The Balaban J connectivity index is 3.48. The third kappa shape index (κ3) is 41.5. The summed E-state index contributed by atoms with van der Waals surface area (Å²) in [6, 6.07) is -0.536. The molecule has 3 N–H and O–H groups in total. The summed E-state index contributed by atoms with van der Waals surface area (Å²) in [5.74, 6) is -0.0320. The first-order chi connectivity index (χ1) is 26.7. The number of aliphatic hydroxyl groups excluding tert-OH is 2. The highest BCUT2D eigenvalue weighted by molar-refractivity contribution is 5.76. The number of aliphatic hydroxyl groups is 2. The zero-order valence-corrected chi connectivity index (χ0v) is 36.2. The molecule has 0 radical (unpaired) electrons. The minimum absolute atomic E-state index is 0.0320. The van der Waals surface area contributed by atoms with Crippen molar-refractivity contribution in [1.82, 2.24) is 5.32 Å². The van der Waals surface area contributed by atoms with E-state index < -0.39 is 12.1 Å². The van der Waals surface area contributed by atoms with Gasteiger partial charge in [0.05, 0.1) is 18.8 Å². The molecule has 0 bridgehead atoms. The Kier molecular flexibility index (Phi) is 44.3. The monoisotopic (exact) mass is 756 g/mol. The average molecular weight is 756 g/mol. The highest BCUT2D eigenvalue weighted by Crippen LogP contribution is 2.16. The first-order valence-corrected chi connectivity index (χ1v) is 23.8. The van der Waals surface area contributed by atoms with E-state index in [0.717, 1.165) is 51.4 Å². The van der Waals surface area contributed by atoms with E-state index in [1.807, 2.05) is 0 Å². The van der Waals surface area contributed by atoms with Gasteiger partial charge in [-0.05, 0) is 51.4 Å². The van der Waals surface area contributed by atoms with Gasteiger partial charge in [-0.3, -0.25) is 4.79 Å². The van der Waals surface area contributed by atoms with E-state index in [0.29, 0.717) is 12.8 Å². The molecule has 0 aliphatic carbocycles. The zero-order valence-electron chi connectivity index (χ0n) is 36.2. The molecule has 0 rings (SSSR count). The molecule has 4 nitrogen and oxygen atoms in total. The second kappa shape index (κ2) is 45.7. The Bertz CT molecular complexity index is 862. The van der Waals surface area contributed by atoms with Gasteiger partial charge in [-0.1, -0.05) is 236 Å². The lowest BCUT2D eigenvalue weighted by Crippen LogP contribution is -2.45. The summed E-state index contributed by atoms with van der Waals surface area (Å²) in [5, 5.41) is 23.2. The first kappa shape index (κ1) is 52.3. The average Bonchev–Trinajstić information content (AvgIpc) is 3.18. The van der Waals surface area contributed by atoms with E-state index in [9.17, 15) is 15.0 Å². The van der Waals surface area contributed by atoms with E-state index in [2.05, 4.69) is 67.8 Å². The molecule has 54 heavy (non-hydrogen) atoms. The van der Waals surface area contributed by atoms with Crippen molar-refractivity contribution in [3.05, 3.63) is 48.6 Å². The smallest absolute Gasteiger partial charge is 0.220 e. The number of nitrogens with one attached hydrogen (secondary N) is 1. The van der Waals surface area contributed by atoms with Crippen molar-refractivity contribution in [2.75, 3.05) is 6.61 Å². The van der Waals surface area contributed by atoms with E-state index in [4.69, 9.17) is 0 Å². The Morgan fingerprint density at radius 3 is 1.22 bits per heavy atom. The minimum Gasteiger partial charge on any atom is -0.394 e. The Labute approximate surface area is 337 Å². The standard InChI is InChI=1S/C50H93NO3/c1-3-5-7-9-11-13-15-17-19-20-21-22-23-24-25-26-27-28-29-30-32-34-36-38-40-42-44-46-50(54)51-48(47-52)49(53)45-43-41-39-37-35-33-31-18-16-14-12-10-8-6-4-2/h5,7,11,13,17,19,21-22,48-49,52-53H,3-4,6,8-10,12,14-16,18,20,23-47H2,1-2H3,(H,51,54)/b7-5-,13-11-,19-17-,22-21-. The number of rotatable bonds is 43. The summed E-state index contributed by atoms with van der Waals surface area (Å²) in [4.78, 5) is 12.4.